The Morgan fingerprint density at radius 2 is 2.22 bits per heavy atom. The lowest BCUT2D eigenvalue weighted by molar-refractivity contribution is -0.116. The number of benzene rings is 1. The molecule has 100 valence electrons. The zero-order valence-corrected chi connectivity index (χ0v) is 12.3. The van der Waals surface area contributed by atoms with Crippen molar-refractivity contribution in [2.45, 2.75) is 36.8 Å². The molecule has 0 fully saturated rings. The number of amides is 1. The van der Waals surface area contributed by atoms with E-state index in [0.717, 1.165) is 10.6 Å². The topological polar surface area (TPSA) is 55.1 Å². The fraction of sp³-hybridized carbons (Fsp3) is 0.462. The Morgan fingerprint density at radius 1 is 1.50 bits per heavy atom. The molecular weight excluding hydrogens is 268 g/mol. The summed E-state index contributed by atoms with van der Waals surface area (Å²) in [7, 11) is 0. The summed E-state index contributed by atoms with van der Waals surface area (Å²) in [5.74, 6) is -0.0201. The average Bonchev–Trinajstić information content (AvgIpc) is 2.29. The molecule has 0 atom stereocenters. The molecule has 1 aromatic rings. The van der Waals surface area contributed by atoms with Crippen LogP contribution in [-0.4, -0.2) is 17.7 Å². The number of nitrogens with two attached hydrogens (primary N) is 1. The summed E-state index contributed by atoms with van der Waals surface area (Å²) in [5.41, 5.74) is 6.17. The predicted molar refractivity (Wildman–Crippen MR) is 79.4 cm³/mol. The molecule has 0 aliphatic heterocycles. The van der Waals surface area contributed by atoms with Gasteiger partial charge in [0.1, 0.15) is 0 Å². The summed E-state index contributed by atoms with van der Waals surface area (Å²) in [6.07, 6.45) is 1.13. The third-order valence-corrected chi connectivity index (χ3v) is 3.50. The van der Waals surface area contributed by atoms with E-state index in [-0.39, 0.29) is 5.91 Å². The van der Waals surface area contributed by atoms with Crippen molar-refractivity contribution in [1.82, 2.24) is 0 Å². The minimum atomic E-state index is -0.0201. The monoisotopic (exact) mass is 286 g/mol. The maximum absolute atomic E-state index is 11.7. The molecule has 1 aromatic carbocycles. The van der Waals surface area contributed by atoms with Gasteiger partial charge in [0.15, 0.2) is 0 Å². The van der Waals surface area contributed by atoms with Crippen LogP contribution in [0.3, 0.4) is 0 Å². The fourth-order valence-corrected chi connectivity index (χ4v) is 2.50. The number of anilines is 1. The molecule has 3 nitrogen and oxygen atoms in total. The van der Waals surface area contributed by atoms with Gasteiger partial charge in [0.25, 0.3) is 0 Å². The molecule has 0 saturated carbocycles. The highest BCUT2D eigenvalue weighted by atomic mass is 35.5. The van der Waals surface area contributed by atoms with Gasteiger partial charge in [-0.3, -0.25) is 4.79 Å². The second-order valence-corrected chi connectivity index (χ2v) is 6.30. The van der Waals surface area contributed by atoms with Crippen molar-refractivity contribution >= 4 is 35.0 Å². The summed E-state index contributed by atoms with van der Waals surface area (Å²) < 4.78 is 0. The van der Waals surface area contributed by atoms with E-state index in [1.807, 2.05) is 12.1 Å². The van der Waals surface area contributed by atoms with Crippen LogP contribution >= 0.6 is 23.4 Å². The molecule has 18 heavy (non-hydrogen) atoms. The quantitative estimate of drug-likeness (QED) is 0.787. The molecular formula is C13H19ClN2OS. The smallest absolute Gasteiger partial charge is 0.224 e. The van der Waals surface area contributed by atoms with Gasteiger partial charge >= 0.3 is 0 Å². The van der Waals surface area contributed by atoms with Gasteiger partial charge in [-0.1, -0.05) is 25.4 Å². The SMILES string of the molecule is CC(C)Sc1ccc(Cl)cc1NC(=O)CCCN. The van der Waals surface area contributed by atoms with E-state index in [9.17, 15) is 4.79 Å². The molecule has 0 aromatic heterocycles. The first-order chi connectivity index (χ1) is 8.52. The molecule has 0 spiro atoms. The number of hydrogen-bond acceptors (Lipinski definition) is 3. The number of carbonyl (C=O) groups excluding carboxylic acids is 1. The Morgan fingerprint density at radius 3 is 2.83 bits per heavy atom. The standard InChI is InChI=1S/C13H19ClN2OS/c1-9(2)18-12-6-5-10(14)8-11(12)16-13(17)4-3-7-15/h5-6,8-9H,3-4,7,15H2,1-2H3,(H,16,17). The van der Waals surface area contributed by atoms with Crippen LogP contribution in [0.4, 0.5) is 5.69 Å². The maximum atomic E-state index is 11.7. The minimum Gasteiger partial charge on any atom is -0.330 e. The minimum absolute atomic E-state index is 0.0201. The number of halogens is 1. The van der Waals surface area contributed by atoms with Crippen LogP contribution in [0.15, 0.2) is 23.1 Å². The third-order valence-electron chi connectivity index (χ3n) is 2.19. The van der Waals surface area contributed by atoms with Crippen LogP contribution in [-0.2, 0) is 4.79 Å². The summed E-state index contributed by atoms with van der Waals surface area (Å²) in [4.78, 5) is 12.7. The van der Waals surface area contributed by atoms with Crippen LogP contribution in [0.2, 0.25) is 5.02 Å². The zero-order valence-electron chi connectivity index (χ0n) is 10.7. The number of thioether (sulfide) groups is 1. The van der Waals surface area contributed by atoms with Crippen molar-refractivity contribution in [3.8, 4) is 0 Å². The number of nitrogens with one attached hydrogen (secondary N) is 1. The Kier molecular flexibility index (Phi) is 6.54. The maximum Gasteiger partial charge on any atom is 0.224 e. The van der Waals surface area contributed by atoms with Crippen LogP contribution in [0.1, 0.15) is 26.7 Å². The van der Waals surface area contributed by atoms with Crippen molar-refractivity contribution < 1.29 is 4.79 Å². The molecule has 0 saturated heterocycles. The Hall–Kier alpha value is -0.710. The normalized spacial score (nSPS) is 10.7. The lowest BCUT2D eigenvalue weighted by Gasteiger charge is -2.13. The van der Waals surface area contributed by atoms with Gasteiger partial charge in [-0.15, -0.1) is 11.8 Å². The van der Waals surface area contributed by atoms with Gasteiger partial charge in [0, 0.05) is 21.6 Å². The van der Waals surface area contributed by atoms with E-state index in [1.165, 1.54) is 0 Å². The summed E-state index contributed by atoms with van der Waals surface area (Å²) in [6.45, 7) is 4.75. The molecule has 1 amide bonds. The Labute approximate surface area is 117 Å². The highest BCUT2D eigenvalue weighted by molar-refractivity contribution is 8.00. The lowest BCUT2D eigenvalue weighted by Crippen LogP contribution is -2.14. The lowest BCUT2D eigenvalue weighted by atomic mass is 10.2. The molecule has 0 aliphatic carbocycles. The highest BCUT2D eigenvalue weighted by Crippen LogP contribution is 2.32. The summed E-state index contributed by atoms with van der Waals surface area (Å²) in [6, 6.07) is 5.56. The van der Waals surface area contributed by atoms with Gasteiger partial charge in [-0.25, -0.2) is 0 Å². The van der Waals surface area contributed by atoms with Gasteiger partial charge in [-0.05, 0) is 31.2 Å². The number of carbonyl (C=O) groups is 1. The van der Waals surface area contributed by atoms with Crippen LogP contribution in [0.25, 0.3) is 0 Å². The second-order valence-electron chi connectivity index (χ2n) is 4.25. The Bertz CT molecular complexity index is 410. The first-order valence-electron chi connectivity index (χ1n) is 5.99. The van der Waals surface area contributed by atoms with E-state index < -0.39 is 0 Å². The number of hydrogen-bond donors (Lipinski definition) is 2. The number of rotatable bonds is 6. The van der Waals surface area contributed by atoms with Gasteiger partial charge in [-0.2, -0.15) is 0 Å². The molecule has 3 N–H and O–H groups in total. The molecule has 0 unspecified atom stereocenters. The fourth-order valence-electron chi connectivity index (χ4n) is 1.43. The van der Waals surface area contributed by atoms with E-state index >= 15 is 0 Å². The summed E-state index contributed by atoms with van der Waals surface area (Å²) in [5, 5.41) is 3.96. The third kappa shape index (κ3) is 5.29. The first kappa shape index (κ1) is 15.3. The molecule has 5 heteroatoms. The summed E-state index contributed by atoms with van der Waals surface area (Å²) >= 11 is 7.66. The average molecular weight is 287 g/mol. The van der Waals surface area contributed by atoms with Crippen molar-refractivity contribution in [2.75, 3.05) is 11.9 Å². The van der Waals surface area contributed by atoms with Crippen LogP contribution in [0.5, 0.6) is 0 Å². The zero-order chi connectivity index (χ0) is 13.5. The largest absolute Gasteiger partial charge is 0.330 e. The molecule has 1 rings (SSSR count). The van der Waals surface area contributed by atoms with Crippen molar-refractivity contribution in [1.29, 1.82) is 0 Å². The van der Waals surface area contributed by atoms with Crippen LogP contribution in [0, 0.1) is 0 Å². The van der Waals surface area contributed by atoms with E-state index in [1.54, 1.807) is 17.8 Å². The Balaban J connectivity index is 2.78. The first-order valence-corrected chi connectivity index (χ1v) is 7.25. The molecule has 0 aliphatic rings. The predicted octanol–water partition coefficient (Wildman–Crippen LogP) is 3.52. The van der Waals surface area contributed by atoms with E-state index in [4.69, 9.17) is 17.3 Å². The molecule has 0 heterocycles. The van der Waals surface area contributed by atoms with Gasteiger partial charge < -0.3 is 11.1 Å². The molecule has 0 bridgehead atoms. The van der Waals surface area contributed by atoms with E-state index in [2.05, 4.69) is 19.2 Å². The van der Waals surface area contributed by atoms with Gasteiger partial charge in [0.05, 0.1) is 5.69 Å². The second kappa shape index (κ2) is 7.67. The van der Waals surface area contributed by atoms with Gasteiger partial charge in [0.2, 0.25) is 5.91 Å². The van der Waals surface area contributed by atoms with E-state index in [0.29, 0.717) is 29.7 Å². The van der Waals surface area contributed by atoms with Crippen molar-refractivity contribution in [3.63, 3.8) is 0 Å². The highest BCUT2D eigenvalue weighted by Gasteiger charge is 2.09. The van der Waals surface area contributed by atoms with Crippen molar-refractivity contribution in [3.05, 3.63) is 23.2 Å². The molecule has 0 radical (unpaired) electrons. The van der Waals surface area contributed by atoms with Crippen LogP contribution < -0.4 is 11.1 Å². The van der Waals surface area contributed by atoms with Crippen molar-refractivity contribution in [2.24, 2.45) is 5.73 Å².